The van der Waals surface area contributed by atoms with E-state index in [1.54, 1.807) is 0 Å². The first-order chi connectivity index (χ1) is 10.2. The molecule has 0 spiro atoms. The Labute approximate surface area is 135 Å². The second-order valence-electron chi connectivity index (χ2n) is 5.43. The van der Waals surface area contributed by atoms with Crippen LogP contribution in [0.3, 0.4) is 0 Å². The first-order valence-corrected chi connectivity index (χ1v) is 8.29. The third kappa shape index (κ3) is 5.00. The van der Waals surface area contributed by atoms with Gasteiger partial charge in [0.1, 0.15) is 5.75 Å². The van der Waals surface area contributed by atoms with Gasteiger partial charge in [0.15, 0.2) is 0 Å². The molecule has 1 aromatic carbocycles. The molecule has 1 heterocycles. The van der Waals surface area contributed by atoms with Gasteiger partial charge in [-0.05, 0) is 60.4 Å². The van der Waals surface area contributed by atoms with Gasteiger partial charge in [0, 0.05) is 19.5 Å². The third-order valence-electron chi connectivity index (χ3n) is 3.76. The molecule has 1 aliphatic heterocycles. The summed E-state index contributed by atoms with van der Waals surface area (Å²) in [6.07, 6.45) is 2.43. The van der Waals surface area contributed by atoms with Crippen LogP contribution in [0, 0.1) is 5.92 Å². The minimum Gasteiger partial charge on any atom is -0.492 e. The van der Waals surface area contributed by atoms with Crippen LogP contribution in [0.2, 0.25) is 0 Å². The van der Waals surface area contributed by atoms with Crippen LogP contribution in [0.15, 0.2) is 28.7 Å². The number of ether oxygens (including phenoxy) is 1. The molecule has 4 nitrogen and oxygen atoms in total. The van der Waals surface area contributed by atoms with Crippen molar-refractivity contribution in [3.8, 4) is 5.75 Å². The standard InChI is InChI=1S/C16H23BrN2O2/c1-18-11-13-8-9-19(12-13)16(20)7-4-10-21-15-6-3-2-5-14(15)17/h2-3,5-6,13,18H,4,7-12H2,1H3/t13-/m1/s1. The van der Waals surface area contributed by atoms with Gasteiger partial charge in [0.05, 0.1) is 11.1 Å². The SMILES string of the molecule is CNC[C@H]1CCN(C(=O)CCCOc2ccccc2Br)C1. The Morgan fingerprint density at radius 1 is 1.48 bits per heavy atom. The molecule has 0 bridgehead atoms. The molecule has 1 amide bonds. The fraction of sp³-hybridized carbons (Fsp3) is 0.562. The van der Waals surface area contributed by atoms with Crippen LogP contribution in [0.4, 0.5) is 0 Å². The highest BCUT2D eigenvalue weighted by Gasteiger charge is 2.25. The van der Waals surface area contributed by atoms with Gasteiger partial charge in [-0.1, -0.05) is 12.1 Å². The van der Waals surface area contributed by atoms with E-state index in [4.69, 9.17) is 4.74 Å². The molecule has 116 valence electrons. The van der Waals surface area contributed by atoms with Crippen molar-refractivity contribution in [3.63, 3.8) is 0 Å². The van der Waals surface area contributed by atoms with Crippen molar-refractivity contribution < 1.29 is 9.53 Å². The van der Waals surface area contributed by atoms with Gasteiger partial charge in [0.25, 0.3) is 0 Å². The molecule has 2 rings (SSSR count). The Bertz CT molecular complexity index is 467. The molecule has 1 aliphatic rings. The quantitative estimate of drug-likeness (QED) is 0.765. The molecule has 1 fully saturated rings. The van der Waals surface area contributed by atoms with Gasteiger partial charge in [-0.25, -0.2) is 0 Å². The van der Waals surface area contributed by atoms with Crippen LogP contribution < -0.4 is 10.1 Å². The van der Waals surface area contributed by atoms with Crippen LogP contribution in [-0.2, 0) is 4.79 Å². The van der Waals surface area contributed by atoms with E-state index in [2.05, 4.69) is 21.2 Å². The zero-order valence-electron chi connectivity index (χ0n) is 12.5. The molecule has 21 heavy (non-hydrogen) atoms. The predicted molar refractivity (Wildman–Crippen MR) is 87.5 cm³/mol. The predicted octanol–water partition coefficient (Wildman–Crippen LogP) is 2.68. The molecule has 5 heteroatoms. The first kappa shape index (κ1) is 16.3. The lowest BCUT2D eigenvalue weighted by Crippen LogP contribution is -2.30. The summed E-state index contributed by atoms with van der Waals surface area (Å²) in [7, 11) is 1.96. The highest BCUT2D eigenvalue weighted by molar-refractivity contribution is 9.10. The lowest BCUT2D eigenvalue weighted by atomic mass is 10.1. The number of likely N-dealkylation sites (tertiary alicyclic amines) is 1. The van der Waals surface area contributed by atoms with Gasteiger partial charge in [-0.2, -0.15) is 0 Å². The number of hydrogen-bond acceptors (Lipinski definition) is 3. The number of para-hydroxylation sites is 1. The van der Waals surface area contributed by atoms with Crippen LogP contribution in [0.1, 0.15) is 19.3 Å². The summed E-state index contributed by atoms with van der Waals surface area (Å²) in [4.78, 5) is 14.1. The lowest BCUT2D eigenvalue weighted by Gasteiger charge is -2.16. The molecule has 0 radical (unpaired) electrons. The number of nitrogens with one attached hydrogen (secondary N) is 1. The van der Waals surface area contributed by atoms with E-state index >= 15 is 0 Å². The second kappa shape index (κ2) is 8.39. The molecular weight excluding hydrogens is 332 g/mol. The molecule has 1 N–H and O–H groups in total. The number of amides is 1. The highest BCUT2D eigenvalue weighted by Crippen LogP contribution is 2.24. The molecule has 0 aromatic heterocycles. The van der Waals surface area contributed by atoms with E-state index in [0.29, 0.717) is 18.9 Å². The van der Waals surface area contributed by atoms with Gasteiger partial charge in [0.2, 0.25) is 5.91 Å². The maximum Gasteiger partial charge on any atom is 0.222 e. The Hall–Kier alpha value is -1.07. The summed E-state index contributed by atoms with van der Waals surface area (Å²) < 4.78 is 6.63. The average Bonchev–Trinajstić information content (AvgIpc) is 2.94. The van der Waals surface area contributed by atoms with Crippen LogP contribution in [0.25, 0.3) is 0 Å². The monoisotopic (exact) mass is 354 g/mol. The summed E-state index contributed by atoms with van der Waals surface area (Å²) in [5.41, 5.74) is 0. The normalized spacial score (nSPS) is 18.0. The Morgan fingerprint density at radius 2 is 2.29 bits per heavy atom. The summed E-state index contributed by atoms with van der Waals surface area (Å²) in [5.74, 6) is 1.69. The maximum atomic E-state index is 12.1. The number of carbonyl (C=O) groups is 1. The minimum absolute atomic E-state index is 0.254. The van der Waals surface area contributed by atoms with Crippen molar-refractivity contribution in [2.75, 3.05) is 33.3 Å². The number of halogens is 1. The largest absolute Gasteiger partial charge is 0.492 e. The lowest BCUT2D eigenvalue weighted by molar-refractivity contribution is -0.130. The van der Waals surface area contributed by atoms with E-state index in [-0.39, 0.29) is 5.91 Å². The smallest absolute Gasteiger partial charge is 0.222 e. The highest BCUT2D eigenvalue weighted by atomic mass is 79.9. The average molecular weight is 355 g/mol. The maximum absolute atomic E-state index is 12.1. The Balaban J connectivity index is 1.65. The van der Waals surface area contributed by atoms with E-state index in [1.807, 2.05) is 36.2 Å². The summed E-state index contributed by atoms with van der Waals surface area (Å²) >= 11 is 3.45. The van der Waals surface area contributed by atoms with Crippen molar-refractivity contribution in [1.29, 1.82) is 0 Å². The number of hydrogen-bond donors (Lipinski definition) is 1. The molecule has 0 unspecified atom stereocenters. The van der Waals surface area contributed by atoms with E-state index < -0.39 is 0 Å². The van der Waals surface area contributed by atoms with Gasteiger partial charge < -0.3 is 15.0 Å². The second-order valence-corrected chi connectivity index (χ2v) is 6.29. The van der Waals surface area contributed by atoms with Crippen molar-refractivity contribution in [2.24, 2.45) is 5.92 Å². The fourth-order valence-corrected chi connectivity index (χ4v) is 3.04. The zero-order chi connectivity index (χ0) is 15.1. The van der Waals surface area contributed by atoms with Gasteiger partial charge in [-0.3, -0.25) is 4.79 Å². The molecule has 0 aliphatic carbocycles. The topological polar surface area (TPSA) is 41.6 Å². The van der Waals surface area contributed by atoms with E-state index in [0.717, 1.165) is 42.7 Å². The zero-order valence-corrected chi connectivity index (χ0v) is 14.1. The molecule has 0 saturated carbocycles. The van der Waals surface area contributed by atoms with Crippen molar-refractivity contribution in [1.82, 2.24) is 10.2 Å². The van der Waals surface area contributed by atoms with Crippen molar-refractivity contribution >= 4 is 21.8 Å². The summed E-state index contributed by atoms with van der Waals surface area (Å²) in [5, 5.41) is 3.18. The first-order valence-electron chi connectivity index (χ1n) is 7.50. The summed E-state index contributed by atoms with van der Waals surface area (Å²) in [6.45, 7) is 3.36. The fourth-order valence-electron chi connectivity index (χ4n) is 2.64. The number of carbonyl (C=O) groups excluding carboxylic acids is 1. The Kier molecular flexibility index (Phi) is 6.51. The van der Waals surface area contributed by atoms with Crippen LogP contribution in [0.5, 0.6) is 5.75 Å². The third-order valence-corrected chi connectivity index (χ3v) is 4.42. The number of benzene rings is 1. The molecule has 1 atom stereocenters. The van der Waals surface area contributed by atoms with Gasteiger partial charge in [-0.15, -0.1) is 0 Å². The summed E-state index contributed by atoms with van der Waals surface area (Å²) in [6, 6.07) is 7.77. The number of rotatable bonds is 7. The van der Waals surface area contributed by atoms with Crippen LogP contribution in [-0.4, -0.2) is 44.1 Å². The van der Waals surface area contributed by atoms with Gasteiger partial charge >= 0.3 is 0 Å². The van der Waals surface area contributed by atoms with Crippen LogP contribution >= 0.6 is 15.9 Å². The Morgan fingerprint density at radius 3 is 3.05 bits per heavy atom. The molecular formula is C16H23BrN2O2. The minimum atomic E-state index is 0.254. The van der Waals surface area contributed by atoms with Crippen molar-refractivity contribution in [2.45, 2.75) is 19.3 Å². The number of nitrogens with zero attached hydrogens (tertiary/aromatic N) is 1. The molecule has 1 saturated heterocycles. The van der Waals surface area contributed by atoms with Crippen molar-refractivity contribution in [3.05, 3.63) is 28.7 Å². The molecule has 1 aromatic rings. The van der Waals surface area contributed by atoms with E-state index in [1.165, 1.54) is 0 Å². The van der Waals surface area contributed by atoms with E-state index in [9.17, 15) is 4.79 Å².